The lowest BCUT2D eigenvalue weighted by molar-refractivity contribution is 0.556. The molecule has 338 valence electrons. The predicted octanol–water partition coefficient (Wildman–Crippen LogP) is 20.0. The number of benzene rings is 3. The molecule has 0 saturated carbocycles. The van der Waals surface area contributed by atoms with Gasteiger partial charge in [0, 0.05) is 20.9 Å². The molecule has 66 heavy (non-hydrogen) atoms. The minimum atomic E-state index is 0.0615. The quantitative estimate of drug-likeness (QED) is 0.0344. The van der Waals surface area contributed by atoms with Crippen molar-refractivity contribution in [1.29, 1.82) is 10.5 Å². The van der Waals surface area contributed by atoms with E-state index in [0.29, 0.717) is 11.1 Å². The van der Waals surface area contributed by atoms with Crippen LogP contribution < -0.4 is 0 Å². The largest absolute Gasteiger partial charge is 0.270 e. The SMILES string of the molecule is [C-]#[N+]/C(C#N)=C1/c2cc(-c3sc(Br)cc3CCCCCCCCCCCC)ccc2-c2cc3c(cc21)-c1ccc(-c2sc(Br)cc2CCCCCCCCCCCC)cc1/C3=C(/C#N)[N+]#[C-]. The van der Waals surface area contributed by atoms with Crippen LogP contribution in [0.1, 0.15) is 176 Å². The summed E-state index contributed by atoms with van der Waals surface area (Å²) in [5.74, 6) is 0. The van der Waals surface area contributed by atoms with Crippen molar-refractivity contribution in [2.75, 3.05) is 0 Å². The lowest BCUT2D eigenvalue weighted by Gasteiger charge is -2.09. The molecule has 3 aromatic carbocycles. The Morgan fingerprint density at radius 2 is 0.788 bits per heavy atom. The minimum Gasteiger partial charge on any atom is -0.226 e. The second kappa shape index (κ2) is 24.5. The first-order valence-electron chi connectivity index (χ1n) is 24.4. The number of rotatable bonds is 24. The molecule has 0 saturated heterocycles. The van der Waals surface area contributed by atoms with Gasteiger partial charge in [0.25, 0.3) is 11.4 Å². The van der Waals surface area contributed by atoms with Crippen molar-refractivity contribution < 1.29 is 0 Å². The van der Waals surface area contributed by atoms with Gasteiger partial charge in [-0.25, -0.2) is 20.2 Å². The summed E-state index contributed by atoms with van der Waals surface area (Å²) in [5.41, 5.74) is 13.4. The lowest BCUT2D eigenvalue weighted by Crippen LogP contribution is -1.90. The summed E-state index contributed by atoms with van der Waals surface area (Å²) in [6.07, 6.45) is 28.1. The van der Waals surface area contributed by atoms with Crippen molar-refractivity contribution in [2.45, 2.75) is 155 Å². The molecule has 0 amide bonds. The van der Waals surface area contributed by atoms with Gasteiger partial charge in [0.2, 0.25) is 0 Å². The van der Waals surface area contributed by atoms with Crippen LogP contribution in [-0.2, 0) is 12.8 Å². The molecule has 0 bridgehead atoms. The first-order chi connectivity index (χ1) is 32.3. The molecular formula is C58H60Br2N4S2. The first kappa shape index (κ1) is 49.4. The molecule has 4 nitrogen and oxygen atoms in total. The summed E-state index contributed by atoms with van der Waals surface area (Å²) in [7, 11) is 0. The van der Waals surface area contributed by atoms with Gasteiger partial charge in [-0.05, 0) is 161 Å². The van der Waals surface area contributed by atoms with Crippen LogP contribution >= 0.6 is 54.5 Å². The molecule has 2 aliphatic carbocycles. The van der Waals surface area contributed by atoms with Crippen molar-refractivity contribution in [3.05, 3.63) is 136 Å². The fourth-order valence-corrected chi connectivity index (χ4v) is 13.4. The van der Waals surface area contributed by atoms with Crippen LogP contribution in [0.5, 0.6) is 0 Å². The molecule has 5 aromatic rings. The first-order valence-corrected chi connectivity index (χ1v) is 27.7. The lowest BCUT2D eigenvalue weighted by atomic mass is 9.95. The molecule has 0 spiro atoms. The van der Waals surface area contributed by atoms with E-state index in [2.05, 4.69) is 128 Å². The molecule has 0 aliphatic heterocycles. The van der Waals surface area contributed by atoms with Crippen LogP contribution in [0.2, 0.25) is 0 Å². The fourth-order valence-electron chi connectivity index (χ4n) is 10.0. The van der Waals surface area contributed by atoms with Gasteiger partial charge < -0.3 is 0 Å². The van der Waals surface area contributed by atoms with E-state index in [1.54, 1.807) is 22.7 Å². The van der Waals surface area contributed by atoms with E-state index >= 15 is 0 Å². The number of aryl methyl sites for hydroxylation is 2. The third kappa shape index (κ3) is 11.4. The van der Waals surface area contributed by atoms with Crippen LogP contribution in [0.25, 0.3) is 64.0 Å². The van der Waals surface area contributed by atoms with Gasteiger partial charge in [0.1, 0.15) is 0 Å². The maximum atomic E-state index is 10.4. The predicted molar refractivity (Wildman–Crippen MR) is 287 cm³/mol. The number of nitriles is 2. The molecular weight excluding hydrogens is 977 g/mol. The van der Waals surface area contributed by atoms with Crippen molar-refractivity contribution in [1.82, 2.24) is 0 Å². The molecule has 0 fully saturated rings. The maximum Gasteiger partial charge on any atom is 0.270 e. The standard InChI is InChI=1S/C58H60Br2N4S2/c1-5-7-9-11-13-15-17-19-21-23-25-39-33-53(59)65-57(39)41-27-29-43-45-35-50-46(36-49(45)55(47(43)31-41)51(37-61)63-3)44-30-28-42(32-48(44)56(50)52(38-62)64-4)58-40(34-54(60)66-58)26-24-22-20-18-16-14-12-10-8-6-2/h27-36H,5-26H2,1-2H3/b55-51-,56-52+. The third-order valence-corrected chi connectivity index (χ3v) is 16.9. The van der Waals surface area contributed by atoms with E-state index in [4.69, 9.17) is 13.1 Å². The van der Waals surface area contributed by atoms with E-state index < -0.39 is 0 Å². The zero-order valence-corrected chi connectivity index (χ0v) is 43.5. The molecule has 2 heterocycles. The second-order valence-corrected chi connectivity index (χ2v) is 22.9. The molecule has 7 rings (SSSR count). The number of fused-ring (bicyclic) bond motifs is 6. The Labute approximate surface area is 419 Å². The number of unbranched alkanes of at least 4 members (excludes halogenated alkanes) is 18. The highest BCUT2D eigenvalue weighted by molar-refractivity contribution is 9.11. The van der Waals surface area contributed by atoms with E-state index in [9.17, 15) is 10.5 Å². The average Bonchev–Trinajstić information content (AvgIpc) is 4.07. The van der Waals surface area contributed by atoms with Crippen LogP contribution in [0.4, 0.5) is 0 Å². The van der Waals surface area contributed by atoms with Gasteiger partial charge >= 0.3 is 0 Å². The fraction of sp³-hybridized carbons (Fsp3) is 0.414. The summed E-state index contributed by atoms with van der Waals surface area (Å²) >= 11 is 11.1. The number of hydrogen-bond acceptors (Lipinski definition) is 4. The van der Waals surface area contributed by atoms with Crippen LogP contribution in [0, 0.1) is 35.8 Å². The number of thiophene rings is 2. The van der Waals surface area contributed by atoms with Crippen molar-refractivity contribution in [3.63, 3.8) is 0 Å². The van der Waals surface area contributed by atoms with Crippen molar-refractivity contribution >= 4 is 65.7 Å². The maximum absolute atomic E-state index is 10.4. The van der Waals surface area contributed by atoms with E-state index in [-0.39, 0.29) is 11.4 Å². The van der Waals surface area contributed by atoms with E-state index in [0.717, 1.165) is 88.9 Å². The topological polar surface area (TPSA) is 56.3 Å². The second-order valence-electron chi connectivity index (χ2n) is 18.0. The Bertz CT molecular complexity index is 2550. The number of allylic oxidation sites excluding steroid dienone is 2. The monoisotopic (exact) mass is 1030 g/mol. The Morgan fingerprint density at radius 3 is 1.12 bits per heavy atom. The van der Waals surface area contributed by atoms with Crippen LogP contribution in [0.15, 0.2) is 79.6 Å². The summed E-state index contributed by atoms with van der Waals surface area (Å²) < 4.78 is 2.20. The number of hydrogen-bond donors (Lipinski definition) is 0. The molecule has 0 radical (unpaired) electrons. The third-order valence-electron chi connectivity index (χ3n) is 13.4. The molecule has 8 heteroatoms. The molecule has 2 aliphatic rings. The van der Waals surface area contributed by atoms with Gasteiger partial charge in [-0.2, -0.15) is 0 Å². The minimum absolute atomic E-state index is 0.0615. The molecule has 0 N–H and O–H groups in total. The Hall–Kier alpha value is -4.54. The normalized spacial score (nSPS) is 13.6. The van der Waals surface area contributed by atoms with Gasteiger partial charge in [-0.3, -0.25) is 0 Å². The zero-order valence-electron chi connectivity index (χ0n) is 38.7. The van der Waals surface area contributed by atoms with Crippen molar-refractivity contribution in [2.24, 2.45) is 0 Å². The van der Waals surface area contributed by atoms with Crippen molar-refractivity contribution in [3.8, 4) is 55.3 Å². The molecule has 2 aromatic heterocycles. The van der Waals surface area contributed by atoms with E-state index in [1.165, 1.54) is 136 Å². The van der Waals surface area contributed by atoms with Gasteiger partial charge in [0.15, 0.2) is 0 Å². The summed E-state index contributed by atoms with van der Waals surface area (Å²) in [6.45, 7) is 20.8. The summed E-state index contributed by atoms with van der Waals surface area (Å²) in [6, 6.07) is 26.1. The summed E-state index contributed by atoms with van der Waals surface area (Å²) in [5, 5.41) is 20.8. The van der Waals surface area contributed by atoms with Crippen LogP contribution in [-0.4, -0.2) is 0 Å². The highest BCUT2D eigenvalue weighted by Crippen LogP contribution is 2.55. The molecule has 0 unspecified atom stereocenters. The van der Waals surface area contributed by atoms with Gasteiger partial charge in [-0.15, -0.1) is 22.7 Å². The Kier molecular flexibility index (Phi) is 18.3. The van der Waals surface area contributed by atoms with Crippen LogP contribution in [0.3, 0.4) is 0 Å². The Balaban J connectivity index is 1.15. The summed E-state index contributed by atoms with van der Waals surface area (Å²) in [4.78, 5) is 10.0. The van der Waals surface area contributed by atoms with E-state index in [1.807, 2.05) is 0 Å². The zero-order chi connectivity index (χ0) is 46.4. The molecule has 0 atom stereocenters. The number of halogens is 2. The Morgan fingerprint density at radius 1 is 0.455 bits per heavy atom. The highest BCUT2D eigenvalue weighted by atomic mass is 79.9. The highest BCUT2D eigenvalue weighted by Gasteiger charge is 2.34. The van der Waals surface area contributed by atoms with Gasteiger partial charge in [-0.1, -0.05) is 154 Å². The smallest absolute Gasteiger partial charge is 0.226 e. The van der Waals surface area contributed by atoms with Gasteiger partial charge in [0.05, 0.1) is 32.9 Å². The number of nitrogens with zero attached hydrogens (tertiary/aromatic N) is 4. The average molecular weight is 1040 g/mol.